The van der Waals surface area contributed by atoms with Crippen molar-refractivity contribution in [2.45, 2.75) is 81.7 Å². The molecule has 1 aliphatic carbocycles. The van der Waals surface area contributed by atoms with Crippen LogP contribution in [0.15, 0.2) is 18.2 Å². The number of amides is 2. The van der Waals surface area contributed by atoms with Crippen molar-refractivity contribution in [2.75, 3.05) is 33.4 Å². The maximum Gasteiger partial charge on any atom is 0.317 e. The third kappa shape index (κ3) is 7.53. The summed E-state index contributed by atoms with van der Waals surface area (Å²) in [6.07, 6.45) is 3.10. The molecule has 2 aliphatic rings. The number of ether oxygens (including phenoxy) is 1. The lowest BCUT2D eigenvalue weighted by atomic mass is 9.74. The number of nitrogens with two attached hydrogens (primary N) is 1. The fraction of sp³-hybridized carbons (Fsp3) is 0.741. The van der Waals surface area contributed by atoms with E-state index in [0.29, 0.717) is 70.9 Å². The van der Waals surface area contributed by atoms with Gasteiger partial charge in [-0.15, -0.1) is 0 Å². The molecule has 2 fully saturated rings. The summed E-state index contributed by atoms with van der Waals surface area (Å²) < 4.78 is 33.8. The maximum atomic E-state index is 15.1. The second kappa shape index (κ2) is 14.0. The van der Waals surface area contributed by atoms with Crippen molar-refractivity contribution in [3.63, 3.8) is 0 Å². The molecule has 37 heavy (non-hydrogen) atoms. The molecule has 0 unspecified atom stereocenters. The fourth-order valence-corrected chi connectivity index (χ4v) is 6.05. The van der Waals surface area contributed by atoms with Crippen molar-refractivity contribution in [1.82, 2.24) is 10.2 Å². The third-order valence-electron chi connectivity index (χ3n) is 8.12. The summed E-state index contributed by atoms with van der Waals surface area (Å²) in [5.74, 6) is -1.17. The average Bonchev–Trinajstić information content (AvgIpc) is 2.91. The Morgan fingerprint density at radius 3 is 2.70 bits per heavy atom. The van der Waals surface area contributed by atoms with Crippen molar-refractivity contribution < 1.29 is 28.5 Å². The second-order valence-corrected chi connectivity index (χ2v) is 11.0. The number of carbonyl (C=O) groups excluding carboxylic acids is 1. The van der Waals surface area contributed by atoms with Crippen LogP contribution in [0, 0.1) is 17.7 Å². The molecule has 7 nitrogen and oxygen atoms in total. The molecular formula is C27H42ClF2N3O4. The molecule has 210 valence electrons. The zero-order valence-electron chi connectivity index (χ0n) is 21.7. The highest BCUT2D eigenvalue weighted by atomic mass is 35.5. The smallest absolute Gasteiger partial charge is 0.317 e. The topological polar surface area (TPSA) is 108 Å². The van der Waals surface area contributed by atoms with Gasteiger partial charge in [-0.3, -0.25) is 0 Å². The maximum absolute atomic E-state index is 15.1. The van der Waals surface area contributed by atoms with Gasteiger partial charge in [0.05, 0.1) is 22.8 Å². The molecule has 5 N–H and O–H groups in total. The summed E-state index contributed by atoms with van der Waals surface area (Å²) in [5, 5.41) is 25.6. The van der Waals surface area contributed by atoms with E-state index < -0.39 is 35.7 Å². The van der Waals surface area contributed by atoms with E-state index in [2.05, 4.69) is 5.32 Å². The summed E-state index contributed by atoms with van der Waals surface area (Å²) in [7, 11) is 1.61. The number of aliphatic hydroxyl groups is 2. The van der Waals surface area contributed by atoms with E-state index in [4.69, 9.17) is 22.1 Å². The van der Waals surface area contributed by atoms with Gasteiger partial charge in [0.2, 0.25) is 0 Å². The number of benzene rings is 1. The minimum Gasteiger partial charge on any atom is -0.391 e. The zero-order valence-corrected chi connectivity index (χ0v) is 22.4. The molecule has 0 spiro atoms. The fourth-order valence-electron chi connectivity index (χ4n) is 5.87. The monoisotopic (exact) mass is 545 g/mol. The lowest BCUT2D eigenvalue weighted by Crippen LogP contribution is -2.57. The van der Waals surface area contributed by atoms with Crippen LogP contribution in [-0.2, 0) is 10.3 Å². The first-order chi connectivity index (χ1) is 17.7. The van der Waals surface area contributed by atoms with E-state index in [1.165, 1.54) is 6.07 Å². The van der Waals surface area contributed by atoms with Crippen LogP contribution < -0.4 is 11.1 Å². The standard InChI is InChI=1S/C27H42ClF2N3O4/c1-37-15-3-2-13-27(36,21-7-4-8-22(28)24(21)30)19-6-5-14-33(17-19)26(35)32-23(16-31)25(34)18-9-11-20(29)12-10-18/h4,7-8,18-20,23,25,34,36H,2-3,5-6,9-17,31H2,1H3,(H,32,35)/t18?,19-,20?,23-,25+,27+/m1/s1. The number of nitrogens with zero attached hydrogens (tertiary/aromatic N) is 1. The van der Waals surface area contributed by atoms with Gasteiger partial charge >= 0.3 is 6.03 Å². The number of urea groups is 1. The molecule has 0 aromatic heterocycles. The minimum absolute atomic E-state index is 0.0525. The zero-order chi connectivity index (χ0) is 27.0. The molecule has 1 aromatic carbocycles. The summed E-state index contributed by atoms with van der Waals surface area (Å²) in [4.78, 5) is 14.8. The Labute approximate surface area is 223 Å². The quantitative estimate of drug-likeness (QED) is 0.313. The Morgan fingerprint density at radius 1 is 1.30 bits per heavy atom. The number of rotatable bonds is 11. The van der Waals surface area contributed by atoms with Gasteiger partial charge in [0.15, 0.2) is 0 Å². The number of piperidine rings is 1. The summed E-state index contributed by atoms with van der Waals surface area (Å²) in [6.45, 7) is 1.28. The molecular weight excluding hydrogens is 504 g/mol. The lowest BCUT2D eigenvalue weighted by molar-refractivity contribution is -0.0590. The Morgan fingerprint density at radius 2 is 2.03 bits per heavy atom. The highest BCUT2D eigenvalue weighted by Gasteiger charge is 2.43. The molecule has 1 saturated heterocycles. The van der Waals surface area contributed by atoms with Gasteiger partial charge in [0.1, 0.15) is 12.0 Å². The summed E-state index contributed by atoms with van der Waals surface area (Å²) >= 11 is 6.06. The highest BCUT2D eigenvalue weighted by molar-refractivity contribution is 6.30. The SMILES string of the molecule is COCCCC[C@@](O)(c1cccc(Cl)c1F)[C@@H]1CCCN(C(=O)N[C@H](CN)[C@@H](O)C2CCC(F)CC2)C1. The molecule has 4 atom stereocenters. The minimum atomic E-state index is -1.51. The molecule has 0 bridgehead atoms. The number of hydrogen-bond donors (Lipinski definition) is 4. The number of alkyl halides is 1. The van der Waals surface area contributed by atoms with Crippen LogP contribution in [0.2, 0.25) is 5.02 Å². The van der Waals surface area contributed by atoms with Gasteiger partial charge in [0.25, 0.3) is 0 Å². The van der Waals surface area contributed by atoms with Crippen LogP contribution in [0.5, 0.6) is 0 Å². The normalized spacial score (nSPS) is 25.8. The number of aliphatic hydroxyl groups excluding tert-OH is 1. The van der Waals surface area contributed by atoms with Gasteiger partial charge in [0, 0.05) is 44.8 Å². The molecule has 1 aliphatic heterocycles. The van der Waals surface area contributed by atoms with Gasteiger partial charge in [-0.25, -0.2) is 13.6 Å². The number of hydrogen-bond acceptors (Lipinski definition) is 5. The third-order valence-corrected chi connectivity index (χ3v) is 8.41. The number of unbranched alkanes of at least 4 members (excludes halogenated alkanes) is 1. The van der Waals surface area contributed by atoms with Crippen LogP contribution in [0.1, 0.15) is 63.4 Å². The van der Waals surface area contributed by atoms with Crippen LogP contribution in [-0.4, -0.2) is 72.8 Å². The van der Waals surface area contributed by atoms with Crippen LogP contribution in [0.3, 0.4) is 0 Å². The average molecular weight is 546 g/mol. The first kappa shape index (κ1) is 30.0. The van der Waals surface area contributed by atoms with Crippen LogP contribution in [0.25, 0.3) is 0 Å². The first-order valence-electron chi connectivity index (χ1n) is 13.4. The Balaban J connectivity index is 1.72. The summed E-state index contributed by atoms with van der Waals surface area (Å²) in [6, 6.07) is 3.59. The number of carbonyl (C=O) groups is 1. The van der Waals surface area contributed by atoms with Crippen LogP contribution >= 0.6 is 11.6 Å². The molecule has 0 radical (unpaired) electrons. The number of nitrogens with one attached hydrogen (secondary N) is 1. The Bertz CT molecular complexity index is 874. The molecule has 1 aromatic rings. The predicted molar refractivity (Wildman–Crippen MR) is 140 cm³/mol. The molecule has 10 heteroatoms. The molecule has 1 heterocycles. The number of halogens is 3. The molecule has 1 saturated carbocycles. The predicted octanol–water partition coefficient (Wildman–Crippen LogP) is 4.12. The highest BCUT2D eigenvalue weighted by Crippen LogP contribution is 2.42. The van der Waals surface area contributed by atoms with Gasteiger partial charge in [-0.1, -0.05) is 23.7 Å². The van der Waals surface area contributed by atoms with Gasteiger partial charge in [-0.2, -0.15) is 0 Å². The number of methoxy groups -OCH3 is 1. The van der Waals surface area contributed by atoms with Crippen molar-refractivity contribution in [1.29, 1.82) is 0 Å². The van der Waals surface area contributed by atoms with E-state index in [1.807, 2.05) is 0 Å². The van der Waals surface area contributed by atoms with E-state index in [0.717, 1.165) is 0 Å². The van der Waals surface area contributed by atoms with Gasteiger partial charge < -0.3 is 30.9 Å². The van der Waals surface area contributed by atoms with Crippen molar-refractivity contribution in [3.05, 3.63) is 34.6 Å². The summed E-state index contributed by atoms with van der Waals surface area (Å²) in [5.41, 5.74) is 4.52. The van der Waals surface area contributed by atoms with Crippen molar-refractivity contribution >= 4 is 17.6 Å². The van der Waals surface area contributed by atoms with E-state index in [1.54, 1.807) is 24.1 Å². The van der Waals surface area contributed by atoms with Crippen LogP contribution in [0.4, 0.5) is 13.6 Å². The van der Waals surface area contributed by atoms with E-state index >= 15 is 4.39 Å². The second-order valence-electron chi connectivity index (χ2n) is 10.6. The largest absolute Gasteiger partial charge is 0.391 e. The molecule has 3 rings (SSSR count). The van der Waals surface area contributed by atoms with Crippen molar-refractivity contribution in [3.8, 4) is 0 Å². The molecule has 2 amide bonds. The van der Waals surface area contributed by atoms with E-state index in [-0.39, 0.29) is 35.6 Å². The Kier molecular flexibility index (Phi) is 11.4. The first-order valence-corrected chi connectivity index (χ1v) is 13.8. The van der Waals surface area contributed by atoms with Gasteiger partial charge in [-0.05, 0) is 69.8 Å². The number of likely N-dealkylation sites (tertiary alicyclic amines) is 1. The lowest BCUT2D eigenvalue weighted by Gasteiger charge is -2.43. The Hall–Kier alpha value is -1.52. The van der Waals surface area contributed by atoms with Crippen molar-refractivity contribution in [2.24, 2.45) is 17.6 Å². The van der Waals surface area contributed by atoms with E-state index in [9.17, 15) is 19.4 Å².